The minimum atomic E-state index is -0.259. The summed E-state index contributed by atoms with van der Waals surface area (Å²) in [5.74, 6) is 1.33. The summed E-state index contributed by atoms with van der Waals surface area (Å²) in [6, 6.07) is -0.259. The second-order valence-corrected chi connectivity index (χ2v) is 16.9. The molecule has 0 aromatic carbocycles. The van der Waals surface area contributed by atoms with Gasteiger partial charge in [-0.05, 0) is 118 Å². The fourth-order valence-corrected chi connectivity index (χ4v) is 12.0. The van der Waals surface area contributed by atoms with Crippen LogP contribution >= 0.6 is 0 Å². The molecule has 0 aromatic heterocycles. The molecule has 232 valence electrons. The van der Waals surface area contributed by atoms with Crippen LogP contribution < -0.4 is 5.32 Å². The lowest BCUT2D eigenvalue weighted by Gasteiger charge is -2.71. The third kappa shape index (κ3) is 4.40. The van der Waals surface area contributed by atoms with E-state index in [2.05, 4.69) is 59.9 Å². The Morgan fingerprint density at radius 1 is 0.951 bits per heavy atom. The highest BCUT2D eigenvalue weighted by molar-refractivity contribution is 5.77. The number of rotatable bonds is 5. The van der Waals surface area contributed by atoms with Gasteiger partial charge in [0.1, 0.15) is 12.1 Å². The van der Waals surface area contributed by atoms with Crippen molar-refractivity contribution >= 4 is 11.9 Å². The molecular weight excluding hydrogens is 510 g/mol. The highest BCUT2D eigenvalue weighted by Gasteiger charge is 2.69. The standard InChI is InChI=1S/C36H59NO4/c1-11-40-30(39)29(37-10)36-20-18-31(3,4)22-25(36)24-12-13-27-33(7)16-15-28(41-23(2)38)32(5,6)26(33)14-17-35(27,9)34(24,8)19-21-36/h12,25-29,37H,11,13-22H2,1-10H3/t25-,26-,27+,28-,29+,33-,34+,35+,36-/m0/s1. The zero-order valence-electron chi connectivity index (χ0n) is 27.9. The first-order valence-electron chi connectivity index (χ1n) is 16.7. The van der Waals surface area contributed by atoms with Crippen molar-refractivity contribution in [1.29, 1.82) is 0 Å². The summed E-state index contributed by atoms with van der Waals surface area (Å²) >= 11 is 0. The second-order valence-electron chi connectivity index (χ2n) is 16.9. The maximum Gasteiger partial charge on any atom is 0.323 e. The van der Waals surface area contributed by atoms with E-state index in [1.54, 1.807) is 12.5 Å². The largest absolute Gasteiger partial charge is 0.465 e. The number of ether oxygens (including phenoxy) is 2. The summed E-state index contributed by atoms with van der Waals surface area (Å²) in [5, 5.41) is 3.48. The molecule has 0 unspecified atom stereocenters. The maximum atomic E-state index is 13.4. The van der Waals surface area contributed by atoms with Crippen molar-refractivity contribution in [2.24, 2.45) is 50.2 Å². The summed E-state index contributed by atoms with van der Waals surface area (Å²) in [4.78, 5) is 25.4. The average Bonchev–Trinajstić information content (AvgIpc) is 2.87. The van der Waals surface area contributed by atoms with Gasteiger partial charge in [-0.25, -0.2) is 0 Å². The van der Waals surface area contributed by atoms with E-state index in [0.717, 1.165) is 51.4 Å². The van der Waals surface area contributed by atoms with Crippen LogP contribution in [0.15, 0.2) is 11.6 Å². The number of hydrogen-bond acceptors (Lipinski definition) is 5. The quantitative estimate of drug-likeness (QED) is 0.270. The highest BCUT2D eigenvalue weighted by atomic mass is 16.5. The van der Waals surface area contributed by atoms with Crippen molar-refractivity contribution in [3.8, 4) is 0 Å². The molecule has 0 spiro atoms. The van der Waals surface area contributed by atoms with Crippen LogP contribution in [-0.4, -0.2) is 37.7 Å². The molecule has 9 atom stereocenters. The van der Waals surface area contributed by atoms with E-state index in [9.17, 15) is 9.59 Å². The predicted octanol–water partition coefficient (Wildman–Crippen LogP) is 7.87. The SMILES string of the molecule is CCOC(=O)[C@@H](NC)[C@]12CCC(C)(C)C[C@H]1C1=CC[C@@H]3[C@@]4(C)CC[C@H](OC(C)=O)C(C)(C)[C@@H]4CC[C@@]3(C)[C@]1(C)CC2. The van der Waals surface area contributed by atoms with Crippen molar-refractivity contribution in [3.05, 3.63) is 11.6 Å². The van der Waals surface area contributed by atoms with Gasteiger partial charge in [0.05, 0.1) is 6.61 Å². The Bertz CT molecular complexity index is 1090. The Balaban J connectivity index is 1.56. The summed E-state index contributed by atoms with van der Waals surface area (Å²) < 4.78 is 11.6. The fraction of sp³-hybridized carbons (Fsp3) is 0.889. The smallest absolute Gasteiger partial charge is 0.323 e. The van der Waals surface area contributed by atoms with Gasteiger partial charge in [-0.2, -0.15) is 0 Å². The Morgan fingerprint density at radius 3 is 2.27 bits per heavy atom. The number of nitrogens with one attached hydrogen (secondary N) is 1. The molecule has 5 aliphatic carbocycles. The first-order chi connectivity index (χ1) is 19.0. The van der Waals surface area contributed by atoms with Crippen LogP contribution in [0, 0.1) is 50.2 Å². The second kappa shape index (κ2) is 10.1. The first-order valence-corrected chi connectivity index (χ1v) is 16.7. The zero-order chi connectivity index (χ0) is 30.2. The molecular formula is C36H59NO4. The molecule has 5 heteroatoms. The minimum Gasteiger partial charge on any atom is -0.465 e. The van der Waals surface area contributed by atoms with Gasteiger partial charge >= 0.3 is 11.9 Å². The highest BCUT2D eigenvalue weighted by Crippen LogP contribution is 2.76. The van der Waals surface area contributed by atoms with Crippen molar-refractivity contribution in [2.45, 2.75) is 139 Å². The lowest BCUT2D eigenvalue weighted by atomic mass is 9.33. The van der Waals surface area contributed by atoms with Gasteiger partial charge in [-0.15, -0.1) is 0 Å². The Hall–Kier alpha value is -1.36. The molecule has 4 saturated carbocycles. The summed E-state index contributed by atoms with van der Waals surface area (Å²) in [5.41, 5.74) is 2.36. The molecule has 0 aromatic rings. The normalized spacial score (nSPS) is 45.1. The third-order valence-corrected chi connectivity index (χ3v) is 14.3. The first kappa shape index (κ1) is 31.1. The molecule has 0 heterocycles. The van der Waals surface area contributed by atoms with E-state index >= 15 is 0 Å². The van der Waals surface area contributed by atoms with E-state index in [1.165, 1.54) is 12.8 Å². The predicted molar refractivity (Wildman–Crippen MR) is 164 cm³/mol. The lowest BCUT2D eigenvalue weighted by Crippen LogP contribution is -2.66. The van der Waals surface area contributed by atoms with Crippen LogP contribution in [0.1, 0.15) is 127 Å². The third-order valence-electron chi connectivity index (χ3n) is 14.3. The topological polar surface area (TPSA) is 64.6 Å². The number of likely N-dealkylation sites (N-methyl/N-ethyl adjacent to an activating group) is 1. The maximum absolute atomic E-state index is 13.4. The Labute approximate surface area is 250 Å². The Morgan fingerprint density at radius 2 is 1.63 bits per heavy atom. The monoisotopic (exact) mass is 569 g/mol. The number of carbonyl (C=O) groups excluding carboxylic acids is 2. The fourth-order valence-electron chi connectivity index (χ4n) is 12.0. The number of esters is 2. The Kier molecular flexibility index (Phi) is 7.65. The van der Waals surface area contributed by atoms with E-state index < -0.39 is 0 Å². The van der Waals surface area contributed by atoms with Gasteiger partial charge in [0.25, 0.3) is 0 Å². The summed E-state index contributed by atoms with van der Waals surface area (Å²) in [6.45, 7) is 21.3. The molecule has 1 N–H and O–H groups in total. The number of carbonyl (C=O) groups is 2. The molecule has 5 nitrogen and oxygen atoms in total. The lowest BCUT2D eigenvalue weighted by molar-refractivity contribution is -0.213. The van der Waals surface area contributed by atoms with Gasteiger partial charge in [-0.1, -0.05) is 60.1 Å². The van der Waals surface area contributed by atoms with Gasteiger partial charge in [0.2, 0.25) is 0 Å². The number of fused-ring (bicyclic) bond motifs is 7. The minimum absolute atomic E-state index is 0.00818. The van der Waals surface area contributed by atoms with E-state index in [4.69, 9.17) is 9.47 Å². The molecule has 41 heavy (non-hydrogen) atoms. The average molecular weight is 570 g/mol. The van der Waals surface area contributed by atoms with E-state index in [1.807, 2.05) is 14.0 Å². The van der Waals surface area contributed by atoms with Crippen LogP contribution in [0.2, 0.25) is 0 Å². The van der Waals surface area contributed by atoms with Gasteiger partial charge in [0, 0.05) is 17.8 Å². The van der Waals surface area contributed by atoms with Gasteiger partial charge < -0.3 is 14.8 Å². The van der Waals surface area contributed by atoms with E-state index in [0.29, 0.717) is 24.4 Å². The van der Waals surface area contributed by atoms with Crippen LogP contribution in [0.4, 0.5) is 0 Å². The number of hydrogen-bond donors (Lipinski definition) is 1. The molecule has 0 aliphatic heterocycles. The van der Waals surface area contributed by atoms with Crippen LogP contribution in [-0.2, 0) is 19.1 Å². The number of allylic oxidation sites excluding steroid dienone is 2. The van der Waals surface area contributed by atoms with Crippen LogP contribution in [0.25, 0.3) is 0 Å². The van der Waals surface area contributed by atoms with Gasteiger partial charge in [-0.3, -0.25) is 9.59 Å². The molecule has 0 bridgehead atoms. The molecule has 4 fully saturated rings. The summed E-state index contributed by atoms with van der Waals surface area (Å²) in [6.07, 6.45) is 13.9. The van der Waals surface area contributed by atoms with Crippen molar-refractivity contribution in [1.82, 2.24) is 5.32 Å². The van der Waals surface area contributed by atoms with Crippen LogP contribution in [0.5, 0.6) is 0 Å². The zero-order valence-corrected chi connectivity index (χ0v) is 27.9. The van der Waals surface area contributed by atoms with Gasteiger partial charge in [0.15, 0.2) is 0 Å². The molecule has 5 rings (SSSR count). The van der Waals surface area contributed by atoms with E-state index in [-0.39, 0.29) is 56.6 Å². The molecule has 0 amide bonds. The summed E-state index contributed by atoms with van der Waals surface area (Å²) in [7, 11) is 1.96. The van der Waals surface area contributed by atoms with Crippen molar-refractivity contribution in [3.63, 3.8) is 0 Å². The van der Waals surface area contributed by atoms with Crippen LogP contribution in [0.3, 0.4) is 0 Å². The molecule has 0 radical (unpaired) electrons. The molecule has 5 aliphatic rings. The van der Waals surface area contributed by atoms with Crippen molar-refractivity contribution < 1.29 is 19.1 Å². The molecule has 0 saturated heterocycles. The van der Waals surface area contributed by atoms with Crippen molar-refractivity contribution in [2.75, 3.05) is 13.7 Å².